The van der Waals surface area contributed by atoms with Crippen LogP contribution in [0.3, 0.4) is 0 Å². The lowest BCUT2D eigenvalue weighted by Gasteiger charge is -2.28. The maximum atomic E-state index is 13.0. The summed E-state index contributed by atoms with van der Waals surface area (Å²) >= 11 is 6.38. The summed E-state index contributed by atoms with van der Waals surface area (Å²) in [5.41, 5.74) is 3.93. The molecule has 1 aliphatic heterocycles. The molecule has 2 aromatic heterocycles. The fourth-order valence-corrected chi connectivity index (χ4v) is 6.30. The van der Waals surface area contributed by atoms with E-state index in [1.807, 2.05) is 39.0 Å². The lowest BCUT2D eigenvalue weighted by atomic mass is 9.78. The van der Waals surface area contributed by atoms with Crippen molar-refractivity contribution in [1.29, 1.82) is 0 Å². The molecule has 2 aliphatic carbocycles. The third-order valence-corrected chi connectivity index (χ3v) is 8.08. The van der Waals surface area contributed by atoms with Crippen LogP contribution in [0.2, 0.25) is 5.02 Å². The van der Waals surface area contributed by atoms with Crippen LogP contribution in [0.15, 0.2) is 22.7 Å². The number of amides is 1. The van der Waals surface area contributed by atoms with Gasteiger partial charge in [-0.15, -0.1) is 10.2 Å². The molecule has 1 saturated carbocycles. The van der Waals surface area contributed by atoms with Gasteiger partial charge in [-0.1, -0.05) is 16.8 Å². The largest absolute Gasteiger partial charge is 0.444 e. The molecule has 196 valence electrons. The average Bonchev–Trinajstić information content (AvgIpc) is 3.43. The van der Waals surface area contributed by atoms with Crippen molar-refractivity contribution >= 4 is 17.7 Å². The zero-order chi connectivity index (χ0) is 25.7. The zero-order valence-electron chi connectivity index (χ0n) is 21.8. The molecule has 37 heavy (non-hydrogen) atoms. The van der Waals surface area contributed by atoms with Crippen molar-refractivity contribution in [3.8, 4) is 5.69 Å². The number of carbonyl (C=O) groups is 1. The van der Waals surface area contributed by atoms with Crippen LogP contribution in [-0.2, 0) is 30.7 Å². The standard InChI is InChI=1S/C28H34ClN5O3/c1-28(2,3)36-27(35)33-15-19-14-20(29)12-13-22(19)34-24(16-33)30-31-26(34)18-10-8-17(9-11-18)25-21-6-4-5-7-23(21)37-32-25/h12-14,17-18H,4-11,15-16H2,1-3H3/t17-,18-. The molecule has 0 bridgehead atoms. The van der Waals surface area contributed by atoms with Crippen molar-refractivity contribution in [2.45, 2.75) is 103 Å². The second-order valence-corrected chi connectivity index (χ2v) is 12.1. The third kappa shape index (κ3) is 4.76. The van der Waals surface area contributed by atoms with Crippen LogP contribution in [0, 0.1) is 0 Å². The molecule has 0 N–H and O–H groups in total. The predicted molar refractivity (Wildman–Crippen MR) is 139 cm³/mol. The van der Waals surface area contributed by atoms with Gasteiger partial charge in [-0.2, -0.15) is 0 Å². The SMILES string of the molecule is CC(C)(C)OC(=O)N1Cc2cc(Cl)ccc2-n2c(nnc2[C@H]2CC[C@H](c3noc4c3CCCC4)CC2)C1. The molecule has 0 spiro atoms. The van der Waals surface area contributed by atoms with Crippen LogP contribution in [-0.4, -0.2) is 36.5 Å². The van der Waals surface area contributed by atoms with Gasteiger partial charge >= 0.3 is 6.09 Å². The maximum Gasteiger partial charge on any atom is 0.411 e. The number of benzene rings is 1. The van der Waals surface area contributed by atoms with Crippen molar-refractivity contribution in [2.75, 3.05) is 0 Å². The highest BCUT2D eigenvalue weighted by atomic mass is 35.5. The number of nitrogens with zero attached hydrogens (tertiary/aromatic N) is 5. The molecule has 3 aliphatic rings. The van der Waals surface area contributed by atoms with Gasteiger partial charge in [0.05, 0.1) is 24.5 Å². The van der Waals surface area contributed by atoms with E-state index in [1.165, 1.54) is 24.1 Å². The van der Waals surface area contributed by atoms with E-state index in [9.17, 15) is 4.79 Å². The minimum absolute atomic E-state index is 0.289. The van der Waals surface area contributed by atoms with E-state index in [1.54, 1.807) is 4.90 Å². The highest BCUT2D eigenvalue weighted by Crippen LogP contribution is 2.43. The fourth-order valence-electron chi connectivity index (χ4n) is 6.10. The molecule has 0 radical (unpaired) electrons. The smallest absolute Gasteiger partial charge is 0.411 e. The van der Waals surface area contributed by atoms with Gasteiger partial charge in [0.15, 0.2) is 5.82 Å². The first-order chi connectivity index (χ1) is 17.8. The number of carbonyl (C=O) groups excluding carboxylic acids is 1. The van der Waals surface area contributed by atoms with Gasteiger partial charge in [-0.3, -0.25) is 9.47 Å². The Balaban J connectivity index is 1.27. The van der Waals surface area contributed by atoms with E-state index in [0.717, 1.165) is 67.2 Å². The lowest BCUT2D eigenvalue weighted by Crippen LogP contribution is -2.35. The Morgan fingerprint density at radius 2 is 1.81 bits per heavy atom. The minimum Gasteiger partial charge on any atom is -0.444 e. The summed E-state index contributed by atoms with van der Waals surface area (Å²) in [6, 6.07) is 5.83. The Bertz CT molecular complexity index is 1320. The number of fused-ring (bicyclic) bond motifs is 4. The predicted octanol–water partition coefficient (Wildman–Crippen LogP) is 6.48. The summed E-state index contributed by atoms with van der Waals surface area (Å²) in [5, 5.41) is 14.4. The molecular weight excluding hydrogens is 490 g/mol. The number of rotatable bonds is 2. The summed E-state index contributed by atoms with van der Waals surface area (Å²) in [5.74, 6) is 3.55. The molecule has 9 heteroatoms. The Morgan fingerprint density at radius 1 is 1.05 bits per heavy atom. The van der Waals surface area contributed by atoms with Crippen LogP contribution in [0.1, 0.15) is 105 Å². The Morgan fingerprint density at radius 3 is 2.59 bits per heavy atom. The Hall–Kier alpha value is -2.87. The van der Waals surface area contributed by atoms with Gasteiger partial charge < -0.3 is 9.26 Å². The molecule has 1 amide bonds. The van der Waals surface area contributed by atoms with Gasteiger partial charge in [0, 0.05) is 28.8 Å². The van der Waals surface area contributed by atoms with E-state index >= 15 is 0 Å². The van der Waals surface area contributed by atoms with Gasteiger partial charge in [0.25, 0.3) is 0 Å². The average molecular weight is 524 g/mol. The van der Waals surface area contributed by atoms with Gasteiger partial charge in [-0.25, -0.2) is 4.79 Å². The summed E-state index contributed by atoms with van der Waals surface area (Å²) in [6.07, 6.45) is 8.33. The number of aromatic nitrogens is 4. The summed E-state index contributed by atoms with van der Waals surface area (Å²) in [4.78, 5) is 14.7. The third-order valence-electron chi connectivity index (χ3n) is 7.84. The van der Waals surface area contributed by atoms with E-state index in [4.69, 9.17) is 20.9 Å². The van der Waals surface area contributed by atoms with E-state index in [-0.39, 0.29) is 12.0 Å². The topological polar surface area (TPSA) is 86.3 Å². The van der Waals surface area contributed by atoms with Crippen molar-refractivity contribution < 1.29 is 14.1 Å². The first-order valence-electron chi connectivity index (χ1n) is 13.4. The Labute approximate surface area is 222 Å². The second kappa shape index (κ2) is 9.46. The zero-order valence-corrected chi connectivity index (χ0v) is 22.6. The van der Waals surface area contributed by atoms with Crippen molar-refractivity contribution in [2.24, 2.45) is 0 Å². The molecule has 1 fully saturated rings. The number of aryl methyl sites for hydroxylation is 1. The van der Waals surface area contributed by atoms with Crippen molar-refractivity contribution in [3.63, 3.8) is 0 Å². The Kier molecular flexibility index (Phi) is 6.25. The van der Waals surface area contributed by atoms with Gasteiger partial charge in [0.1, 0.15) is 17.2 Å². The summed E-state index contributed by atoms with van der Waals surface area (Å²) in [6.45, 7) is 6.35. The minimum atomic E-state index is -0.582. The molecule has 3 aromatic rings. The van der Waals surface area contributed by atoms with E-state index < -0.39 is 5.60 Å². The molecule has 3 heterocycles. The van der Waals surface area contributed by atoms with Crippen molar-refractivity contribution in [3.05, 3.63) is 57.5 Å². The lowest BCUT2D eigenvalue weighted by molar-refractivity contribution is 0.0214. The molecule has 0 atom stereocenters. The van der Waals surface area contributed by atoms with Gasteiger partial charge in [0.2, 0.25) is 0 Å². The fraction of sp³-hybridized carbons (Fsp3) is 0.571. The molecule has 8 nitrogen and oxygen atoms in total. The van der Waals surface area contributed by atoms with Crippen LogP contribution >= 0.6 is 11.6 Å². The molecular formula is C28H34ClN5O3. The summed E-state index contributed by atoms with van der Waals surface area (Å²) < 4.78 is 13.5. The highest BCUT2D eigenvalue weighted by Gasteiger charge is 2.35. The molecule has 0 saturated heterocycles. The van der Waals surface area contributed by atoms with Gasteiger partial charge in [-0.05, 0) is 89.5 Å². The monoisotopic (exact) mass is 523 g/mol. The van der Waals surface area contributed by atoms with E-state index in [2.05, 4.69) is 19.9 Å². The number of ether oxygens (including phenoxy) is 1. The number of halogens is 1. The van der Waals surface area contributed by atoms with Crippen LogP contribution in [0.25, 0.3) is 5.69 Å². The van der Waals surface area contributed by atoms with Crippen LogP contribution in [0.4, 0.5) is 4.79 Å². The van der Waals surface area contributed by atoms with Crippen molar-refractivity contribution in [1.82, 2.24) is 24.8 Å². The normalized spacial score (nSPS) is 21.6. The van der Waals surface area contributed by atoms with Crippen LogP contribution < -0.4 is 0 Å². The molecule has 0 unspecified atom stereocenters. The maximum absolute atomic E-state index is 13.0. The summed E-state index contributed by atoms with van der Waals surface area (Å²) in [7, 11) is 0. The number of hydrogen-bond donors (Lipinski definition) is 0. The molecule has 1 aromatic carbocycles. The number of hydrogen-bond acceptors (Lipinski definition) is 6. The first-order valence-corrected chi connectivity index (χ1v) is 13.8. The van der Waals surface area contributed by atoms with E-state index in [0.29, 0.717) is 24.0 Å². The molecule has 6 rings (SSSR count). The first kappa shape index (κ1) is 24.5. The second-order valence-electron chi connectivity index (χ2n) is 11.6. The van der Waals surface area contributed by atoms with Crippen LogP contribution in [0.5, 0.6) is 0 Å². The quantitative estimate of drug-likeness (QED) is 0.382. The highest BCUT2D eigenvalue weighted by molar-refractivity contribution is 6.30.